The predicted octanol–water partition coefficient (Wildman–Crippen LogP) is 4.62. The highest BCUT2D eigenvalue weighted by Crippen LogP contribution is 2.31. The van der Waals surface area contributed by atoms with Gasteiger partial charge in [0.15, 0.2) is 0 Å². The van der Waals surface area contributed by atoms with Crippen molar-refractivity contribution >= 4 is 31.9 Å². The van der Waals surface area contributed by atoms with Gasteiger partial charge in [-0.05, 0) is 48.5 Å². The molecule has 0 saturated carbocycles. The Labute approximate surface area is 165 Å². The fraction of sp³-hybridized carbons (Fsp3) is 0. The lowest BCUT2D eigenvalue weighted by atomic mass is 10.1. The van der Waals surface area contributed by atoms with Crippen LogP contribution in [-0.2, 0) is 10.1 Å². The first-order valence-electron chi connectivity index (χ1n) is 8.76. The molecule has 2 heterocycles. The Morgan fingerprint density at radius 1 is 0.897 bits per heavy atom. The monoisotopic (exact) mass is 407 g/mol. The van der Waals surface area contributed by atoms with Crippen LogP contribution in [0.1, 0.15) is 0 Å². The van der Waals surface area contributed by atoms with Crippen LogP contribution in [-0.4, -0.2) is 23.6 Å². The van der Waals surface area contributed by atoms with E-state index in [2.05, 4.69) is 15.2 Å². The molecule has 0 aliphatic carbocycles. The fourth-order valence-electron chi connectivity index (χ4n) is 3.25. The molecule has 0 unspecified atom stereocenters. The molecule has 0 fully saturated rings. The van der Waals surface area contributed by atoms with Gasteiger partial charge in [-0.25, -0.2) is 4.39 Å². The Balaban J connectivity index is 1.56. The SMILES string of the molecule is O=S(=O)(Oc1ccc2[nH]nc(-c3cc4ccccc4[nH]3)c2c1)c1cccc(F)c1. The lowest BCUT2D eigenvalue weighted by Gasteiger charge is -2.07. The molecule has 5 rings (SSSR count). The van der Waals surface area contributed by atoms with Crippen LogP contribution < -0.4 is 4.18 Å². The Kier molecular flexibility index (Phi) is 3.88. The van der Waals surface area contributed by atoms with E-state index in [9.17, 15) is 12.8 Å². The number of halogens is 1. The van der Waals surface area contributed by atoms with Crippen molar-refractivity contribution in [2.24, 2.45) is 0 Å². The van der Waals surface area contributed by atoms with Crippen molar-refractivity contribution < 1.29 is 17.0 Å². The molecule has 0 bridgehead atoms. The number of nitrogens with one attached hydrogen (secondary N) is 2. The van der Waals surface area contributed by atoms with E-state index >= 15 is 0 Å². The summed E-state index contributed by atoms with van der Waals surface area (Å²) < 4.78 is 43.6. The molecule has 29 heavy (non-hydrogen) atoms. The Morgan fingerprint density at radius 3 is 2.59 bits per heavy atom. The molecule has 2 aromatic heterocycles. The van der Waals surface area contributed by atoms with Crippen molar-refractivity contribution in [3.63, 3.8) is 0 Å². The predicted molar refractivity (Wildman–Crippen MR) is 108 cm³/mol. The van der Waals surface area contributed by atoms with Crippen molar-refractivity contribution in [1.82, 2.24) is 15.2 Å². The number of aromatic amines is 2. The minimum absolute atomic E-state index is 0.112. The zero-order valence-corrected chi connectivity index (χ0v) is 15.7. The molecule has 0 amide bonds. The number of hydrogen-bond acceptors (Lipinski definition) is 4. The second-order valence-electron chi connectivity index (χ2n) is 6.54. The maximum Gasteiger partial charge on any atom is 0.339 e. The first-order valence-corrected chi connectivity index (χ1v) is 10.2. The van der Waals surface area contributed by atoms with Crippen LogP contribution in [0.5, 0.6) is 5.75 Å². The van der Waals surface area contributed by atoms with Gasteiger partial charge >= 0.3 is 10.1 Å². The highest BCUT2D eigenvalue weighted by Gasteiger charge is 2.19. The van der Waals surface area contributed by atoms with E-state index in [1.165, 1.54) is 24.3 Å². The molecule has 0 aliphatic rings. The van der Waals surface area contributed by atoms with Gasteiger partial charge in [0.25, 0.3) is 0 Å². The molecule has 2 N–H and O–H groups in total. The number of H-pyrrole nitrogens is 2. The summed E-state index contributed by atoms with van der Waals surface area (Å²) in [6, 6.07) is 19.3. The normalized spacial score (nSPS) is 11.9. The van der Waals surface area contributed by atoms with E-state index in [0.29, 0.717) is 11.1 Å². The van der Waals surface area contributed by atoms with Gasteiger partial charge in [0.1, 0.15) is 22.2 Å². The van der Waals surface area contributed by atoms with E-state index < -0.39 is 15.9 Å². The second-order valence-corrected chi connectivity index (χ2v) is 8.09. The summed E-state index contributed by atoms with van der Waals surface area (Å²) in [5, 5.41) is 9.03. The van der Waals surface area contributed by atoms with Gasteiger partial charge in [-0.15, -0.1) is 0 Å². The standard InChI is InChI=1S/C21H14FN3O3S/c22-14-5-3-6-16(11-14)29(26,27)28-15-8-9-19-17(12-15)21(25-24-19)20-10-13-4-1-2-7-18(13)23-20/h1-12,23H,(H,24,25). The molecule has 6 nitrogen and oxygen atoms in total. The van der Waals surface area contributed by atoms with Crippen LogP contribution in [0, 0.1) is 5.82 Å². The fourth-order valence-corrected chi connectivity index (χ4v) is 4.20. The number of benzene rings is 3. The van der Waals surface area contributed by atoms with Gasteiger partial charge in [-0.3, -0.25) is 5.10 Å². The maximum atomic E-state index is 13.4. The van der Waals surface area contributed by atoms with Crippen molar-refractivity contribution in [3.8, 4) is 17.1 Å². The van der Waals surface area contributed by atoms with Crippen molar-refractivity contribution in [3.05, 3.63) is 78.6 Å². The number of rotatable bonds is 4. The van der Waals surface area contributed by atoms with Gasteiger partial charge in [-0.2, -0.15) is 13.5 Å². The Hall–Kier alpha value is -3.65. The van der Waals surface area contributed by atoms with E-state index in [-0.39, 0.29) is 10.6 Å². The summed E-state index contributed by atoms with van der Waals surface area (Å²) in [5.74, 6) is -0.540. The van der Waals surface area contributed by atoms with Crippen LogP contribution in [0.4, 0.5) is 4.39 Å². The molecule has 3 aromatic carbocycles. The third-order valence-corrected chi connectivity index (χ3v) is 5.85. The average molecular weight is 407 g/mol. The topological polar surface area (TPSA) is 87.8 Å². The molecule has 0 radical (unpaired) electrons. The summed E-state index contributed by atoms with van der Waals surface area (Å²) in [6.07, 6.45) is 0. The summed E-state index contributed by atoms with van der Waals surface area (Å²) in [7, 11) is -4.16. The number of nitrogens with zero attached hydrogens (tertiary/aromatic N) is 1. The molecule has 5 aromatic rings. The number of fused-ring (bicyclic) bond motifs is 2. The second kappa shape index (κ2) is 6.46. The summed E-state index contributed by atoms with van der Waals surface area (Å²) in [4.78, 5) is 3.06. The van der Waals surface area contributed by atoms with Crippen LogP contribution >= 0.6 is 0 Å². The Bertz CT molecular complexity index is 1440. The van der Waals surface area contributed by atoms with Gasteiger partial charge in [0, 0.05) is 16.3 Å². The van der Waals surface area contributed by atoms with Crippen molar-refractivity contribution in [2.75, 3.05) is 0 Å². The first kappa shape index (κ1) is 17.4. The molecule has 0 aliphatic heterocycles. The highest BCUT2D eigenvalue weighted by atomic mass is 32.2. The van der Waals surface area contributed by atoms with Crippen molar-refractivity contribution in [1.29, 1.82) is 0 Å². The van der Waals surface area contributed by atoms with E-state index in [1.807, 2.05) is 30.3 Å². The third kappa shape index (κ3) is 3.13. The van der Waals surface area contributed by atoms with Crippen LogP contribution in [0.15, 0.2) is 77.7 Å². The summed E-state index contributed by atoms with van der Waals surface area (Å²) in [5.41, 5.74) is 3.14. The minimum atomic E-state index is -4.16. The molecule has 144 valence electrons. The third-order valence-electron chi connectivity index (χ3n) is 4.61. The van der Waals surface area contributed by atoms with Crippen LogP contribution in [0.2, 0.25) is 0 Å². The number of hydrogen-bond donors (Lipinski definition) is 2. The lowest BCUT2D eigenvalue weighted by Crippen LogP contribution is -2.09. The quantitative estimate of drug-likeness (QED) is 0.426. The average Bonchev–Trinajstić information content (AvgIpc) is 3.31. The van der Waals surface area contributed by atoms with Gasteiger partial charge in [-0.1, -0.05) is 24.3 Å². The zero-order valence-electron chi connectivity index (χ0n) is 14.9. The van der Waals surface area contributed by atoms with E-state index in [4.69, 9.17) is 4.18 Å². The Morgan fingerprint density at radius 2 is 1.76 bits per heavy atom. The van der Waals surface area contributed by atoms with Gasteiger partial charge in [0.2, 0.25) is 0 Å². The molecule has 8 heteroatoms. The number of para-hydroxylation sites is 1. The maximum absolute atomic E-state index is 13.4. The first-order chi connectivity index (χ1) is 14.0. The summed E-state index contributed by atoms with van der Waals surface area (Å²) in [6.45, 7) is 0. The van der Waals surface area contributed by atoms with Crippen molar-refractivity contribution in [2.45, 2.75) is 4.90 Å². The van der Waals surface area contributed by atoms with E-state index in [1.54, 1.807) is 12.1 Å². The van der Waals surface area contributed by atoms with E-state index in [0.717, 1.165) is 28.2 Å². The highest BCUT2D eigenvalue weighted by molar-refractivity contribution is 7.87. The van der Waals surface area contributed by atoms with Crippen LogP contribution in [0.25, 0.3) is 33.2 Å². The smallest absolute Gasteiger partial charge is 0.339 e. The minimum Gasteiger partial charge on any atom is -0.379 e. The molecule has 0 spiro atoms. The van der Waals surface area contributed by atoms with Crippen LogP contribution in [0.3, 0.4) is 0 Å². The van der Waals surface area contributed by atoms with Gasteiger partial charge in [0.05, 0.1) is 11.2 Å². The zero-order chi connectivity index (χ0) is 20.0. The molecule has 0 saturated heterocycles. The molecular weight excluding hydrogens is 393 g/mol. The molecular formula is C21H14FN3O3S. The summed E-state index contributed by atoms with van der Waals surface area (Å²) >= 11 is 0. The number of aromatic nitrogens is 3. The molecule has 0 atom stereocenters. The largest absolute Gasteiger partial charge is 0.379 e. The van der Waals surface area contributed by atoms with Gasteiger partial charge < -0.3 is 9.17 Å². The lowest BCUT2D eigenvalue weighted by molar-refractivity contribution is 0.485.